The van der Waals surface area contributed by atoms with Gasteiger partial charge in [0.05, 0.1) is 70.0 Å². The van der Waals surface area contributed by atoms with E-state index in [-0.39, 0.29) is 347 Å². The average Bonchev–Trinajstić information content (AvgIpc) is 0.831. The van der Waals surface area contributed by atoms with Gasteiger partial charge in [-0.3, -0.25) is 28.8 Å². The van der Waals surface area contributed by atoms with Crippen LogP contribution in [0.1, 0.15) is 45.2 Å². The Kier molecular flexibility index (Phi) is 49.3. The Hall–Kier alpha value is -3.65. The van der Waals surface area contributed by atoms with Gasteiger partial charge in [-0.15, -0.1) is 11.3 Å². The van der Waals surface area contributed by atoms with Gasteiger partial charge < -0.3 is 30.6 Å². The third kappa shape index (κ3) is 34.5. The summed E-state index contributed by atoms with van der Waals surface area (Å²) in [6.45, 7) is 1.53. The van der Waals surface area contributed by atoms with Gasteiger partial charge in [0.1, 0.15) is 10.6 Å². The summed E-state index contributed by atoms with van der Waals surface area (Å²) in [6, 6.07) is 74.8. The summed E-state index contributed by atoms with van der Waals surface area (Å²) in [7, 11) is 0. The van der Waals surface area contributed by atoms with Crippen LogP contribution in [-0.4, -0.2) is 119 Å². The van der Waals surface area contributed by atoms with Crippen LogP contribution in [0, 0.1) is 296 Å². The first-order valence-electron chi connectivity index (χ1n) is 31.6. The summed E-state index contributed by atoms with van der Waals surface area (Å²) in [5.41, 5.74) is 2.71. The summed E-state index contributed by atoms with van der Waals surface area (Å²) in [5, 5.41) is 64.4. The normalized spacial score (nSPS) is 11.7. The molecule has 12 rings (SSSR count). The number of fused-ring (bicyclic) bond motifs is 6. The zero-order chi connectivity index (χ0) is 79.1. The van der Waals surface area contributed by atoms with Crippen molar-refractivity contribution in [3.63, 3.8) is 0 Å². The molecule has 0 saturated heterocycles. The Morgan fingerprint density at radius 2 is 0.588 bits per heavy atom. The van der Waals surface area contributed by atoms with Crippen LogP contribution in [0.15, 0.2) is 325 Å². The minimum atomic E-state index is -4.89. The van der Waals surface area contributed by atoms with Crippen molar-refractivity contribution in [1.82, 2.24) is 0 Å². The minimum absolute atomic E-state index is 0. The van der Waals surface area contributed by atoms with E-state index in [1.165, 1.54) is 43.3 Å². The van der Waals surface area contributed by atoms with Crippen molar-refractivity contribution in [2.75, 3.05) is 0 Å². The van der Waals surface area contributed by atoms with Gasteiger partial charge in [0.25, 0.3) is 0 Å². The summed E-state index contributed by atoms with van der Waals surface area (Å²) in [6.07, 6.45) is -15.6. The number of benzene rings is 11. The summed E-state index contributed by atoms with van der Waals surface area (Å²) >= 11 is 1.07. The van der Waals surface area contributed by atoms with E-state index < -0.39 is 70.9 Å². The fourth-order valence-electron chi connectivity index (χ4n) is 9.78. The molecule has 0 bridgehead atoms. The third-order valence-electron chi connectivity index (χ3n) is 15.0. The average molecular weight is 2430 g/mol. The smallest absolute Gasteiger partial charge is 0.449 e. The first kappa shape index (κ1) is 108. The van der Waals surface area contributed by atoms with Crippen LogP contribution >= 0.6 is 11.3 Å². The van der Waals surface area contributed by atoms with Gasteiger partial charge in [-0.25, -0.2) is 0 Å². The maximum Gasteiger partial charge on any atom is 0.449 e. The van der Waals surface area contributed by atoms with Gasteiger partial charge in [0.15, 0.2) is 0 Å². The fourth-order valence-corrected chi connectivity index (χ4v) is 10.4. The van der Waals surface area contributed by atoms with Crippen LogP contribution in [-0.2, 0) is 0 Å². The second-order valence-electron chi connectivity index (χ2n) is 22.8. The SMILES string of the molecule is CC(O)=CC(=[OH+])c1cccc2ccccc12.OC(=CC(=[OH+])c1ccc2ccc3ccccc3c2c1)C(F)(F)F.OC(=CC(=[OH+])c1ccc2ccccc2c1)C(F)(F)F.OC(=CC(=[OH+])c1cccc2ccccc12)C(F)(F)F.OC(=CC(=[OH+])c1ccccc1)c1ccccc1.OC(=CC(=[OH+])c1cccs1)C(F)(F)F.[Eu].[Eu].[Eu].[Eu].[Eu].[Eu]. The number of alkyl halides is 12. The number of halogens is 12. The molecule has 11 aromatic carbocycles. The minimum Gasteiger partial charge on any atom is -0.512 e. The molecule has 114 heavy (non-hydrogen) atoms. The number of aliphatic hydroxyl groups is 6. The molecular weight excluding hydrogens is 2360 g/mol. The molecule has 12 N–H and O–H groups in total. The molecule has 0 unspecified atom stereocenters. The van der Waals surface area contributed by atoms with Crippen LogP contribution in [0.5, 0.6) is 0 Å². The largest absolute Gasteiger partial charge is 0.512 e. The number of hydrogen-bond donors (Lipinski definition) is 6. The van der Waals surface area contributed by atoms with E-state index in [0.717, 1.165) is 65.4 Å². The van der Waals surface area contributed by atoms with E-state index in [9.17, 15) is 81.8 Å². The van der Waals surface area contributed by atoms with Gasteiger partial charge >= 0.3 is 59.4 Å². The first-order chi connectivity index (χ1) is 51.0. The van der Waals surface area contributed by atoms with Crippen molar-refractivity contribution < 1.29 is 408 Å². The summed E-state index contributed by atoms with van der Waals surface area (Å²) in [5.74, 6) is -9.58. The summed E-state index contributed by atoms with van der Waals surface area (Å²) in [4.78, 5) is 58.3. The number of allylic oxidation sites excluding steroid dienone is 11. The number of rotatable bonds is 13. The van der Waals surface area contributed by atoms with Crippen LogP contribution < -0.4 is 0 Å². The summed E-state index contributed by atoms with van der Waals surface area (Å²) < 4.78 is 145. The molecular formula is C83H64Eu6F12O12S+6. The van der Waals surface area contributed by atoms with E-state index in [0.29, 0.717) is 34.7 Å². The monoisotopic (exact) mass is 2430 g/mol. The van der Waals surface area contributed by atoms with Crippen molar-refractivity contribution in [3.8, 4) is 0 Å². The van der Waals surface area contributed by atoms with Crippen molar-refractivity contribution in [2.45, 2.75) is 31.6 Å². The third-order valence-corrected chi connectivity index (χ3v) is 15.9. The number of hydrogen-bond acceptors (Lipinski definition) is 7. The molecule has 0 aliphatic rings. The molecule has 0 saturated carbocycles. The van der Waals surface area contributed by atoms with Crippen molar-refractivity contribution in [2.24, 2.45) is 0 Å². The Bertz CT molecular complexity index is 5440. The van der Waals surface area contributed by atoms with Gasteiger partial charge in [0.2, 0.25) is 23.0 Å². The quantitative estimate of drug-likeness (QED) is 0.0163. The molecule has 0 amide bonds. The van der Waals surface area contributed by atoms with Crippen LogP contribution in [0.4, 0.5) is 52.7 Å². The number of aliphatic hydroxyl groups excluding tert-OH is 6. The van der Waals surface area contributed by atoms with Gasteiger partial charge in [-0.2, -0.15) is 52.7 Å². The molecule has 12 nitrogen and oxygen atoms in total. The van der Waals surface area contributed by atoms with Crippen LogP contribution in [0.3, 0.4) is 0 Å². The predicted molar refractivity (Wildman–Crippen MR) is 401 cm³/mol. The maximum atomic E-state index is 12.3. The van der Waals surface area contributed by atoms with Crippen LogP contribution in [0.2, 0.25) is 0 Å². The van der Waals surface area contributed by atoms with Crippen LogP contribution in [0.25, 0.3) is 59.6 Å². The Morgan fingerprint density at radius 3 is 1.01 bits per heavy atom. The van der Waals surface area contributed by atoms with E-state index >= 15 is 0 Å². The number of ketones is 6. The fraction of sp³-hybridized carbons (Fsp3) is 0.0602. The molecule has 31 heteroatoms. The second kappa shape index (κ2) is 51.8. The van der Waals surface area contributed by atoms with E-state index in [1.807, 2.05) is 127 Å². The van der Waals surface area contributed by atoms with E-state index in [1.54, 1.807) is 109 Å². The van der Waals surface area contributed by atoms with E-state index in [2.05, 4.69) is 0 Å². The molecule has 0 aliphatic carbocycles. The number of carbonyl (C=O) groups excluding carboxylic acids is 6. The molecule has 0 aliphatic heterocycles. The molecule has 1 heterocycles. The predicted octanol–water partition coefficient (Wildman–Crippen LogP) is 21.4. The first-order valence-corrected chi connectivity index (χ1v) is 32.4. The van der Waals surface area contributed by atoms with Gasteiger partial charge in [-0.05, 0) is 121 Å². The molecule has 0 atom stereocenters. The zero-order valence-corrected chi connectivity index (χ0v) is 73.7. The molecule has 12 aromatic rings. The van der Waals surface area contributed by atoms with E-state index in [4.69, 9.17) is 30.3 Å². The maximum absolute atomic E-state index is 12.3. The molecule has 0 fully saturated rings. The van der Waals surface area contributed by atoms with Gasteiger partial charge in [0, 0.05) is 302 Å². The number of thiophene rings is 1. The molecule has 594 valence electrons. The zero-order valence-electron chi connectivity index (χ0n) is 58.4. The molecule has 1 aromatic heterocycles. The molecule has 0 spiro atoms. The Labute approximate surface area is 892 Å². The molecule has 6 radical (unpaired) electrons. The van der Waals surface area contributed by atoms with Crippen molar-refractivity contribution in [1.29, 1.82) is 0 Å². The van der Waals surface area contributed by atoms with Crippen molar-refractivity contribution >= 4 is 106 Å². The Balaban J connectivity index is 0.000000681. The second-order valence-corrected chi connectivity index (χ2v) is 23.7. The topological polar surface area (TPSA) is 250 Å². The van der Waals surface area contributed by atoms with Crippen molar-refractivity contribution in [3.05, 3.63) is 364 Å². The van der Waals surface area contributed by atoms with Gasteiger partial charge in [-0.1, -0.05) is 200 Å². The Morgan fingerprint density at radius 1 is 0.272 bits per heavy atom. The standard InChI is InChI=1S/C18H11F3O2.C15H12O2.2C14H9F3O2.C14H12O2.C8H5F3O2S.6Eu/c19-18(20,21)17(23)10-16(22)13-8-7-12-6-5-11-3-1-2-4-14(11)15(12)9-13;16-14(12-7-3-1-4-8-12)11-15(17)13-9-5-2-6-10-13;15-14(16,17)13(19)8-12(18)11-7-3-5-9-4-1-2-6-10(9)11;15-14(16,17)13(19)8-12(18)11-6-5-9-3-1-2-4-10(9)7-11;1-10(15)9-14(16)13-8-4-6-11-5-2-3-7-12(11)13;9-8(10,11)7(13)4-5(12)6-2-1-3-14-6;;;;;;/h1-10,23H;1-11,16H;2*1-8,19H;2-9,15H,1H3;1-4,13H;;;;;;/p+6.